The molecule has 2 heterocycles. The quantitative estimate of drug-likeness (QED) is 0.537. The first-order valence-electron chi connectivity index (χ1n) is 11.0. The molecule has 1 fully saturated rings. The van der Waals surface area contributed by atoms with E-state index in [2.05, 4.69) is 46.6 Å². The maximum Gasteiger partial charge on any atom is 0.411 e. The van der Waals surface area contributed by atoms with Gasteiger partial charge in [0.05, 0.1) is 12.4 Å². The van der Waals surface area contributed by atoms with Crippen LogP contribution in [0, 0.1) is 0 Å². The molecule has 1 aliphatic carbocycles. The van der Waals surface area contributed by atoms with Gasteiger partial charge in [-0.1, -0.05) is 26.8 Å². The lowest BCUT2D eigenvalue weighted by Gasteiger charge is -2.27. The third kappa shape index (κ3) is 6.77. The molecule has 0 aromatic carbocycles. The second-order valence-electron chi connectivity index (χ2n) is 10.2. The minimum absolute atomic E-state index is 0.00490. The number of nitrogens with zero attached hydrogens (tertiary/aromatic N) is 4. The van der Waals surface area contributed by atoms with Crippen molar-refractivity contribution in [3.63, 3.8) is 0 Å². The Morgan fingerprint density at radius 2 is 1.82 bits per heavy atom. The first-order chi connectivity index (χ1) is 15.3. The maximum atomic E-state index is 12.6. The van der Waals surface area contributed by atoms with Gasteiger partial charge in [0, 0.05) is 23.2 Å². The van der Waals surface area contributed by atoms with Gasteiger partial charge in [-0.2, -0.15) is 0 Å². The fraction of sp³-hybridized carbons (Fsp3) is 0.522. The van der Waals surface area contributed by atoms with Crippen LogP contribution in [0.3, 0.4) is 0 Å². The van der Waals surface area contributed by atoms with Gasteiger partial charge in [0.1, 0.15) is 11.4 Å². The highest BCUT2D eigenvalue weighted by atomic mass is 16.6. The molecular formula is C23H33N7O3. The van der Waals surface area contributed by atoms with Crippen LogP contribution in [0.4, 0.5) is 22.1 Å². The molecule has 2 amide bonds. The molecule has 33 heavy (non-hydrogen) atoms. The number of nitrogens with two attached hydrogens (primary N) is 1. The molecular weight excluding hydrogens is 422 g/mol. The number of carbonyl (C=O) groups is 2. The van der Waals surface area contributed by atoms with Crippen LogP contribution in [-0.2, 0) is 10.2 Å². The summed E-state index contributed by atoms with van der Waals surface area (Å²) in [5, 5.41) is 14.2. The molecule has 0 atom stereocenters. The van der Waals surface area contributed by atoms with Crippen LogP contribution in [0.5, 0.6) is 0 Å². The van der Waals surface area contributed by atoms with Gasteiger partial charge in [-0.15, -0.1) is 10.2 Å². The first-order valence-corrected chi connectivity index (χ1v) is 11.0. The molecule has 0 unspecified atom stereocenters. The van der Waals surface area contributed by atoms with Crippen molar-refractivity contribution < 1.29 is 14.3 Å². The molecule has 10 nitrogen and oxygen atoms in total. The number of ether oxygens (including phenoxy) is 1. The molecule has 178 valence electrons. The summed E-state index contributed by atoms with van der Waals surface area (Å²) in [5.41, 5.74) is 6.03. The molecule has 10 heteroatoms. The minimum atomic E-state index is -0.711. The molecule has 0 saturated heterocycles. The van der Waals surface area contributed by atoms with E-state index in [0.29, 0.717) is 17.3 Å². The number of carbonyl (C=O) groups excluding carboxylic acids is 2. The van der Waals surface area contributed by atoms with E-state index in [1.54, 1.807) is 17.0 Å². The molecule has 1 aliphatic rings. The number of hydrogen-bond donors (Lipinski definition) is 3. The molecule has 0 radical (unpaired) electrons. The lowest BCUT2D eigenvalue weighted by atomic mass is 9.92. The third-order valence-electron chi connectivity index (χ3n) is 4.85. The first kappa shape index (κ1) is 24.2. The predicted octanol–water partition coefficient (Wildman–Crippen LogP) is 3.78. The number of amides is 2. The topological polar surface area (TPSA) is 135 Å². The van der Waals surface area contributed by atoms with Crippen LogP contribution in [0.1, 0.15) is 70.6 Å². The Labute approximate surface area is 194 Å². The summed E-state index contributed by atoms with van der Waals surface area (Å²) in [6, 6.07) is 7.39. The summed E-state index contributed by atoms with van der Waals surface area (Å²) in [7, 11) is 0. The lowest BCUT2D eigenvalue weighted by Crippen LogP contribution is -2.41. The monoisotopic (exact) mass is 455 g/mol. The van der Waals surface area contributed by atoms with Crippen molar-refractivity contribution in [3.8, 4) is 0 Å². The third-order valence-corrected chi connectivity index (χ3v) is 4.85. The van der Waals surface area contributed by atoms with Gasteiger partial charge in [-0.05, 0) is 45.7 Å². The summed E-state index contributed by atoms with van der Waals surface area (Å²) >= 11 is 0. The number of primary amides is 1. The van der Waals surface area contributed by atoms with Gasteiger partial charge in [0.15, 0.2) is 11.5 Å². The predicted molar refractivity (Wildman–Crippen MR) is 126 cm³/mol. The number of rotatable bonds is 7. The van der Waals surface area contributed by atoms with Crippen LogP contribution in [-0.4, -0.2) is 50.4 Å². The Morgan fingerprint density at radius 3 is 2.39 bits per heavy atom. The fourth-order valence-electron chi connectivity index (χ4n) is 3.03. The zero-order valence-electron chi connectivity index (χ0n) is 20.1. The lowest BCUT2D eigenvalue weighted by molar-refractivity contribution is 0.0248. The molecule has 0 aliphatic heterocycles. The van der Waals surface area contributed by atoms with E-state index in [4.69, 9.17) is 10.5 Å². The summed E-state index contributed by atoms with van der Waals surface area (Å²) in [6.45, 7) is 11.9. The van der Waals surface area contributed by atoms with Crippen LogP contribution in [0.2, 0.25) is 0 Å². The smallest absolute Gasteiger partial charge is 0.411 e. The van der Waals surface area contributed by atoms with Crippen LogP contribution < -0.4 is 16.4 Å². The van der Waals surface area contributed by atoms with E-state index in [-0.39, 0.29) is 29.9 Å². The van der Waals surface area contributed by atoms with Crippen LogP contribution >= 0.6 is 0 Å². The molecule has 4 N–H and O–H groups in total. The number of nitrogens with one attached hydrogen (secondary N) is 2. The molecule has 2 aromatic heterocycles. The van der Waals surface area contributed by atoms with Crippen molar-refractivity contribution >= 4 is 29.3 Å². The van der Waals surface area contributed by atoms with Crippen molar-refractivity contribution in [2.45, 2.75) is 71.4 Å². The van der Waals surface area contributed by atoms with Crippen molar-refractivity contribution in [1.29, 1.82) is 0 Å². The summed E-state index contributed by atoms with van der Waals surface area (Å²) in [4.78, 5) is 30.7. The molecule has 2 aromatic rings. The molecule has 3 rings (SSSR count). The van der Waals surface area contributed by atoms with Crippen molar-refractivity contribution in [3.05, 3.63) is 35.7 Å². The number of aromatic nitrogens is 3. The Kier molecular flexibility index (Phi) is 6.76. The van der Waals surface area contributed by atoms with E-state index in [9.17, 15) is 9.59 Å². The fourth-order valence-corrected chi connectivity index (χ4v) is 3.03. The summed E-state index contributed by atoms with van der Waals surface area (Å²) in [5.74, 6) is 0.220. The SMILES string of the molecule is CC(C)(C)OC(=O)N(CNc1cc(Nc2cccc(C(C)(C)C)n2)c(C(N)=O)nn1)C1CC1. The van der Waals surface area contributed by atoms with E-state index < -0.39 is 11.5 Å². The molecule has 0 spiro atoms. The zero-order valence-corrected chi connectivity index (χ0v) is 20.1. The van der Waals surface area contributed by atoms with Gasteiger partial charge < -0.3 is 21.1 Å². The summed E-state index contributed by atoms with van der Waals surface area (Å²) in [6.07, 6.45) is 1.46. The highest BCUT2D eigenvalue weighted by Crippen LogP contribution is 2.29. The van der Waals surface area contributed by atoms with E-state index in [0.717, 1.165) is 18.5 Å². The second-order valence-corrected chi connectivity index (χ2v) is 10.2. The molecule has 0 bridgehead atoms. The summed E-state index contributed by atoms with van der Waals surface area (Å²) < 4.78 is 5.51. The highest BCUT2D eigenvalue weighted by Gasteiger charge is 2.35. The normalized spacial score (nSPS) is 13.9. The second kappa shape index (κ2) is 9.21. The average Bonchev–Trinajstić information content (AvgIpc) is 3.51. The number of hydrogen-bond acceptors (Lipinski definition) is 8. The van der Waals surface area contributed by atoms with E-state index in [1.165, 1.54) is 0 Å². The number of pyridine rings is 1. The van der Waals surface area contributed by atoms with Crippen molar-refractivity contribution in [1.82, 2.24) is 20.1 Å². The Balaban J connectivity index is 1.79. The van der Waals surface area contributed by atoms with Gasteiger partial charge in [0.25, 0.3) is 5.91 Å². The molecule has 1 saturated carbocycles. The van der Waals surface area contributed by atoms with Gasteiger partial charge in [-0.25, -0.2) is 9.78 Å². The zero-order chi connectivity index (χ0) is 24.4. The largest absolute Gasteiger partial charge is 0.444 e. The van der Waals surface area contributed by atoms with Gasteiger partial charge >= 0.3 is 6.09 Å². The minimum Gasteiger partial charge on any atom is -0.444 e. The Morgan fingerprint density at radius 1 is 1.12 bits per heavy atom. The van der Waals surface area contributed by atoms with Gasteiger partial charge in [-0.3, -0.25) is 9.69 Å². The standard InChI is InChI=1S/C23H33N7O3/c1-22(2,3)16-8-7-9-17(27-16)26-15-12-18(28-29-19(15)20(24)31)25-13-30(14-10-11-14)21(32)33-23(4,5)6/h7-9,12,14H,10-11,13H2,1-6H3,(H2,24,31)(H2,25,26,27,28). The Bertz CT molecular complexity index is 1020. The van der Waals surface area contributed by atoms with Crippen molar-refractivity contribution in [2.24, 2.45) is 5.73 Å². The van der Waals surface area contributed by atoms with E-state index >= 15 is 0 Å². The maximum absolute atomic E-state index is 12.6. The van der Waals surface area contributed by atoms with Crippen LogP contribution in [0.15, 0.2) is 24.3 Å². The van der Waals surface area contributed by atoms with E-state index in [1.807, 2.05) is 32.9 Å². The van der Waals surface area contributed by atoms with Crippen molar-refractivity contribution in [2.75, 3.05) is 17.3 Å². The Hall–Kier alpha value is -3.43. The average molecular weight is 456 g/mol. The highest BCUT2D eigenvalue weighted by molar-refractivity contribution is 5.97. The number of anilines is 3. The van der Waals surface area contributed by atoms with Crippen LogP contribution in [0.25, 0.3) is 0 Å². The van der Waals surface area contributed by atoms with Gasteiger partial charge in [0.2, 0.25) is 0 Å².